The molecule has 0 aromatic heterocycles. The lowest BCUT2D eigenvalue weighted by Crippen LogP contribution is -2.56. The van der Waals surface area contributed by atoms with E-state index in [9.17, 15) is 5.26 Å². The molecule has 2 rings (SSSR count). The van der Waals surface area contributed by atoms with Gasteiger partial charge in [0.05, 0.1) is 6.07 Å². The average molecular weight is 284 g/mol. The van der Waals surface area contributed by atoms with Crippen molar-refractivity contribution in [3.05, 3.63) is 29.3 Å². The number of rotatable bonds is 4. The van der Waals surface area contributed by atoms with Gasteiger partial charge in [0.2, 0.25) is 0 Å². The summed E-state index contributed by atoms with van der Waals surface area (Å²) in [4.78, 5) is 1.03. The Kier molecular flexibility index (Phi) is 3.88. The van der Waals surface area contributed by atoms with Crippen molar-refractivity contribution in [2.45, 2.75) is 28.3 Å². The van der Waals surface area contributed by atoms with Gasteiger partial charge >= 0.3 is 0 Å². The summed E-state index contributed by atoms with van der Waals surface area (Å²) in [6.07, 6.45) is 1.13. The monoisotopic (exact) mass is 283 g/mol. The molecular formula is C13H14ClNO2S. The van der Waals surface area contributed by atoms with Crippen LogP contribution >= 0.6 is 23.4 Å². The van der Waals surface area contributed by atoms with Crippen LogP contribution in [0.25, 0.3) is 0 Å². The maximum Gasteiger partial charge on any atom is 0.172 e. The average Bonchev–Trinajstić information content (AvgIpc) is 2.36. The topological polar surface area (TPSA) is 42.2 Å². The zero-order valence-electron chi connectivity index (χ0n) is 10.3. The summed E-state index contributed by atoms with van der Waals surface area (Å²) in [5.41, 5.74) is 0. The van der Waals surface area contributed by atoms with E-state index >= 15 is 0 Å². The smallest absolute Gasteiger partial charge is 0.172 e. The van der Waals surface area contributed by atoms with Crippen molar-refractivity contribution in [3.8, 4) is 6.07 Å². The van der Waals surface area contributed by atoms with Crippen LogP contribution in [0, 0.1) is 11.3 Å². The number of nitrogens with zero attached hydrogens (tertiary/aromatic N) is 1. The number of methoxy groups -OCH3 is 2. The Morgan fingerprint density at radius 3 is 2.22 bits per heavy atom. The third-order valence-electron chi connectivity index (χ3n) is 3.18. The molecule has 1 fully saturated rings. The summed E-state index contributed by atoms with van der Waals surface area (Å²) in [5.74, 6) is -0.602. The Morgan fingerprint density at radius 2 is 1.78 bits per heavy atom. The molecular weight excluding hydrogens is 270 g/mol. The zero-order chi connectivity index (χ0) is 13.2. The fourth-order valence-electron chi connectivity index (χ4n) is 2.09. The van der Waals surface area contributed by atoms with Crippen LogP contribution in [0.15, 0.2) is 29.2 Å². The molecule has 3 nitrogen and oxygen atoms in total. The molecule has 0 unspecified atom stereocenters. The van der Waals surface area contributed by atoms with Gasteiger partial charge in [0, 0.05) is 37.0 Å². The van der Waals surface area contributed by atoms with E-state index in [-0.39, 0.29) is 0 Å². The number of hydrogen-bond acceptors (Lipinski definition) is 4. The molecule has 0 bridgehead atoms. The first-order valence-corrected chi connectivity index (χ1v) is 6.73. The van der Waals surface area contributed by atoms with Gasteiger partial charge in [-0.3, -0.25) is 0 Å². The van der Waals surface area contributed by atoms with Crippen LogP contribution in [0.3, 0.4) is 0 Å². The largest absolute Gasteiger partial charge is 0.353 e. The van der Waals surface area contributed by atoms with Gasteiger partial charge in [-0.05, 0) is 24.3 Å². The molecule has 0 N–H and O–H groups in total. The Balaban J connectivity index is 2.09. The maximum atomic E-state index is 9.37. The molecule has 18 heavy (non-hydrogen) atoms. The molecule has 0 spiro atoms. The minimum atomic E-state index is -0.602. The molecule has 0 saturated heterocycles. The lowest BCUT2D eigenvalue weighted by atomic mass is 9.78. The van der Waals surface area contributed by atoms with Crippen molar-refractivity contribution in [3.63, 3.8) is 0 Å². The fourth-order valence-corrected chi connectivity index (χ4v) is 3.57. The highest BCUT2D eigenvalue weighted by atomic mass is 35.5. The predicted molar refractivity (Wildman–Crippen MR) is 71.6 cm³/mol. The van der Waals surface area contributed by atoms with Gasteiger partial charge in [-0.2, -0.15) is 5.26 Å². The van der Waals surface area contributed by atoms with Gasteiger partial charge < -0.3 is 9.47 Å². The molecule has 0 atom stereocenters. The fraction of sp³-hybridized carbons (Fsp3) is 0.462. The Hall–Kier alpha value is -0.730. The van der Waals surface area contributed by atoms with E-state index in [1.807, 2.05) is 24.3 Å². The van der Waals surface area contributed by atoms with Gasteiger partial charge in [-0.1, -0.05) is 11.6 Å². The van der Waals surface area contributed by atoms with Crippen molar-refractivity contribution in [1.82, 2.24) is 0 Å². The molecule has 1 aliphatic carbocycles. The van der Waals surface area contributed by atoms with Crippen LogP contribution < -0.4 is 0 Å². The zero-order valence-corrected chi connectivity index (χ0v) is 11.8. The Morgan fingerprint density at radius 1 is 1.22 bits per heavy atom. The van der Waals surface area contributed by atoms with Gasteiger partial charge in [-0.25, -0.2) is 0 Å². The van der Waals surface area contributed by atoms with E-state index in [0.29, 0.717) is 17.9 Å². The van der Waals surface area contributed by atoms with Crippen molar-refractivity contribution in [2.24, 2.45) is 0 Å². The molecule has 0 radical (unpaired) electrons. The van der Waals surface area contributed by atoms with Gasteiger partial charge in [-0.15, -0.1) is 11.8 Å². The lowest BCUT2D eigenvalue weighted by molar-refractivity contribution is -0.255. The van der Waals surface area contributed by atoms with Gasteiger partial charge in [0.15, 0.2) is 5.79 Å². The van der Waals surface area contributed by atoms with Crippen molar-refractivity contribution < 1.29 is 9.47 Å². The minimum Gasteiger partial charge on any atom is -0.353 e. The second kappa shape index (κ2) is 5.10. The molecule has 0 amide bonds. The summed E-state index contributed by atoms with van der Waals surface area (Å²) in [5, 5.41) is 10.1. The van der Waals surface area contributed by atoms with E-state index < -0.39 is 10.5 Å². The summed E-state index contributed by atoms with van der Waals surface area (Å²) in [6, 6.07) is 9.87. The molecule has 1 saturated carbocycles. The first-order valence-electron chi connectivity index (χ1n) is 5.53. The summed E-state index contributed by atoms with van der Waals surface area (Å²) >= 11 is 7.38. The first kappa shape index (κ1) is 13.7. The molecule has 0 heterocycles. The number of benzene rings is 1. The van der Waals surface area contributed by atoms with E-state index in [2.05, 4.69) is 6.07 Å². The molecule has 5 heteroatoms. The molecule has 0 aliphatic heterocycles. The summed E-state index contributed by atoms with van der Waals surface area (Å²) < 4.78 is 10.2. The summed E-state index contributed by atoms with van der Waals surface area (Å²) in [7, 11) is 3.22. The standard InChI is InChI=1S/C13H14ClNO2S/c1-16-13(17-2)7-12(8-13,9-15)18-11-5-3-10(14)4-6-11/h3-6H,7-8H2,1-2H3. The van der Waals surface area contributed by atoms with E-state index in [4.69, 9.17) is 21.1 Å². The van der Waals surface area contributed by atoms with Crippen molar-refractivity contribution >= 4 is 23.4 Å². The second-order valence-electron chi connectivity index (χ2n) is 4.33. The maximum absolute atomic E-state index is 9.37. The van der Waals surface area contributed by atoms with Crippen LogP contribution in [0.4, 0.5) is 0 Å². The van der Waals surface area contributed by atoms with Crippen molar-refractivity contribution in [2.75, 3.05) is 14.2 Å². The number of nitriles is 1. The highest BCUT2D eigenvalue weighted by Gasteiger charge is 2.57. The number of thioether (sulfide) groups is 1. The third-order valence-corrected chi connectivity index (χ3v) is 4.71. The predicted octanol–water partition coefficient (Wildman–Crippen LogP) is 3.48. The summed E-state index contributed by atoms with van der Waals surface area (Å²) in [6.45, 7) is 0. The van der Waals surface area contributed by atoms with Crippen LogP contribution in [0.5, 0.6) is 0 Å². The number of ether oxygens (including phenoxy) is 2. The van der Waals surface area contributed by atoms with E-state index in [1.165, 1.54) is 11.8 Å². The highest BCUT2D eigenvalue weighted by Crippen LogP contribution is 2.54. The van der Waals surface area contributed by atoms with E-state index in [0.717, 1.165) is 4.90 Å². The second-order valence-corrected chi connectivity index (χ2v) is 6.23. The highest BCUT2D eigenvalue weighted by molar-refractivity contribution is 8.01. The van der Waals surface area contributed by atoms with Crippen LogP contribution in [0.2, 0.25) is 5.02 Å². The van der Waals surface area contributed by atoms with E-state index in [1.54, 1.807) is 14.2 Å². The van der Waals surface area contributed by atoms with Gasteiger partial charge in [0.25, 0.3) is 0 Å². The first-order chi connectivity index (χ1) is 8.57. The SMILES string of the molecule is COC1(OC)CC(C#N)(Sc2ccc(Cl)cc2)C1. The number of hydrogen-bond donors (Lipinski definition) is 0. The number of halogens is 1. The lowest BCUT2D eigenvalue weighted by Gasteiger charge is -2.49. The Bertz CT molecular complexity index is 457. The van der Waals surface area contributed by atoms with Crippen LogP contribution in [-0.2, 0) is 9.47 Å². The van der Waals surface area contributed by atoms with Crippen LogP contribution in [-0.4, -0.2) is 24.8 Å². The normalized spacial score (nSPS) is 19.9. The quantitative estimate of drug-likeness (QED) is 0.794. The van der Waals surface area contributed by atoms with Crippen LogP contribution in [0.1, 0.15) is 12.8 Å². The molecule has 96 valence electrons. The van der Waals surface area contributed by atoms with Gasteiger partial charge in [0.1, 0.15) is 4.75 Å². The molecule has 1 aromatic rings. The Labute approximate surface area is 116 Å². The van der Waals surface area contributed by atoms with Crippen molar-refractivity contribution in [1.29, 1.82) is 5.26 Å². The third kappa shape index (κ3) is 2.50. The minimum absolute atomic E-state index is 0.472. The molecule has 1 aromatic carbocycles. The molecule has 1 aliphatic rings.